The summed E-state index contributed by atoms with van der Waals surface area (Å²) in [6, 6.07) is 11.9. The predicted octanol–water partition coefficient (Wildman–Crippen LogP) is 2.13. The van der Waals surface area contributed by atoms with Gasteiger partial charge < -0.3 is 5.11 Å². The van der Waals surface area contributed by atoms with Crippen LogP contribution in [0.5, 0.6) is 0 Å². The molecule has 0 bridgehead atoms. The molecule has 0 radical (unpaired) electrons. The molecule has 0 saturated heterocycles. The number of rotatable bonds is 5. The number of hydrogen-bond donors (Lipinski definition) is 1. The second kappa shape index (κ2) is 5.81. The lowest BCUT2D eigenvalue weighted by molar-refractivity contribution is 0.0139. The van der Waals surface area contributed by atoms with Crippen molar-refractivity contribution in [2.75, 3.05) is 13.6 Å². The van der Waals surface area contributed by atoms with Gasteiger partial charge in [-0.05, 0) is 26.5 Å². The molecule has 1 N–H and O–H groups in total. The van der Waals surface area contributed by atoms with Gasteiger partial charge in [-0.3, -0.25) is 4.90 Å². The zero-order valence-electron chi connectivity index (χ0n) is 10.7. The Balaban J connectivity index is 2.70. The Bertz CT molecular complexity index is 381. The molecule has 0 aromatic heterocycles. The van der Waals surface area contributed by atoms with Gasteiger partial charge in [0.25, 0.3) is 0 Å². The fourth-order valence-corrected chi connectivity index (χ4v) is 1.82. The van der Waals surface area contributed by atoms with Crippen LogP contribution in [0, 0.1) is 11.3 Å². The average molecular weight is 232 g/mol. The second-order valence-corrected chi connectivity index (χ2v) is 4.77. The van der Waals surface area contributed by atoms with E-state index in [1.54, 1.807) is 6.92 Å². The van der Waals surface area contributed by atoms with E-state index in [0.29, 0.717) is 13.0 Å². The zero-order valence-corrected chi connectivity index (χ0v) is 10.7. The quantitative estimate of drug-likeness (QED) is 0.846. The molecule has 1 aromatic carbocycles. The second-order valence-electron chi connectivity index (χ2n) is 4.77. The van der Waals surface area contributed by atoms with E-state index in [2.05, 4.69) is 6.07 Å². The molecule has 0 heterocycles. The van der Waals surface area contributed by atoms with Gasteiger partial charge in [-0.25, -0.2) is 0 Å². The van der Waals surface area contributed by atoms with Crippen LogP contribution < -0.4 is 0 Å². The van der Waals surface area contributed by atoms with E-state index >= 15 is 0 Å². The van der Waals surface area contributed by atoms with Crippen molar-refractivity contribution in [2.45, 2.75) is 31.9 Å². The number of likely N-dealkylation sites (N-methyl/N-ethyl adjacent to an activating group) is 1. The first kappa shape index (κ1) is 13.7. The smallest absolute Gasteiger partial charge is 0.0994 e. The Labute approximate surface area is 103 Å². The van der Waals surface area contributed by atoms with Crippen LogP contribution in [0.25, 0.3) is 0 Å². The Kier molecular flexibility index (Phi) is 4.68. The van der Waals surface area contributed by atoms with Crippen LogP contribution in [-0.4, -0.2) is 29.6 Å². The fourth-order valence-electron chi connectivity index (χ4n) is 1.82. The molecule has 0 spiro atoms. The van der Waals surface area contributed by atoms with Gasteiger partial charge in [-0.15, -0.1) is 0 Å². The summed E-state index contributed by atoms with van der Waals surface area (Å²) in [7, 11) is 1.93. The van der Waals surface area contributed by atoms with E-state index < -0.39 is 5.60 Å². The lowest BCUT2D eigenvalue weighted by atomic mass is 9.95. The number of aliphatic hydroxyl groups is 1. The largest absolute Gasteiger partial charge is 0.384 e. The highest BCUT2D eigenvalue weighted by Crippen LogP contribution is 2.22. The maximum absolute atomic E-state index is 10.4. The van der Waals surface area contributed by atoms with Crippen LogP contribution >= 0.6 is 0 Å². The Hall–Kier alpha value is -1.37. The molecular weight excluding hydrogens is 212 g/mol. The topological polar surface area (TPSA) is 47.3 Å². The van der Waals surface area contributed by atoms with Crippen molar-refractivity contribution >= 4 is 0 Å². The predicted molar refractivity (Wildman–Crippen MR) is 68.3 cm³/mol. The standard InChI is InChI=1S/C14H20N2O/c1-12(9-10-15)16(3)11-14(2,17)13-7-5-4-6-8-13/h4-8,12,17H,9,11H2,1-3H3. The molecule has 0 fully saturated rings. The summed E-state index contributed by atoms with van der Waals surface area (Å²) in [6.07, 6.45) is 0.474. The van der Waals surface area contributed by atoms with Crippen LogP contribution in [0.2, 0.25) is 0 Å². The van der Waals surface area contributed by atoms with E-state index in [1.165, 1.54) is 0 Å². The molecule has 2 atom stereocenters. The molecule has 2 unspecified atom stereocenters. The molecule has 1 aromatic rings. The molecule has 3 nitrogen and oxygen atoms in total. The molecule has 1 rings (SSSR count). The number of hydrogen-bond acceptors (Lipinski definition) is 3. The van der Waals surface area contributed by atoms with Gasteiger partial charge in [0.05, 0.1) is 18.1 Å². The highest BCUT2D eigenvalue weighted by molar-refractivity contribution is 5.21. The summed E-state index contributed by atoms with van der Waals surface area (Å²) in [5.41, 5.74) is 0.00992. The molecule has 0 amide bonds. The molecule has 92 valence electrons. The summed E-state index contributed by atoms with van der Waals surface area (Å²) in [5, 5.41) is 19.1. The lowest BCUT2D eigenvalue weighted by Gasteiger charge is -2.32. The molecule has 0 aliphatic heterocycles. The van der Waals surface area contributed by atoms with Crippen LogP contribution in [0.4, 0.5) is 0 Å². The van der Waals surface area contributed by atoms with Gasteiger partial charge >= 0.3 is 0 Å². The highest BCUT2D eigenvalue weighted by Gasteiger charge is 2.26. The van der Waals surface area contributed by atoms with Crippen LogP contribution in [0.3, 0.4) is 0 Å². The van der Waals surface area contributed by atoms with E-state index in [9.17, 15) is 5.11 Å². The maximum Gasteiger partial charge on any atom is 0.0994 e. The van der Waals surface area contributed by atoms with Gasteiger partial charge in [0.1, 0.15) is 0 Å². The van der Waals surface area contributed by atoms with Crippen LogP contribution in [0.1, 0.15) is 25.8 Å². The van der Waals surface area contributed by atoms with Crippen LogP contribution in [-0.2, 0) is 5.60 Å². The minimum atomic E-state index is -0.889. The molecule has 0 aliphatic rings. The third-order valence-corrected chi connectivity index (χ3v) is 3.09. The minimum absolute atomic E-state index is 0.148. The summed E-state index contributed by atoms with van der Waals surface area (Å²) < 4.78 is 0. The van der Waals surface area contributed by atoms with E-state index in [4.69, 9.17) is 5.26 Å². The highest BCUT2D eigenvalue weighted by atomic mass is 16.3. The number of nitriles is 1. The fraction of sp³-hybridized carbons (Fsp3) is 0.500. The summed E-state index contributed by atoms with van der Waals surface area (Å²) in [5.74, 6) is 0. The summed E-state index contributed by atoms with van der Waals surface area (Å²) in [4.78, 5) is 2.01. The van der Waals surface area contributed by atoms with E-state index in [-0.39, 0.29) is 6.04 Å². The van der Waals surface area contributed by atoms with Crippen molar-refractivity contribution in [1.29, 1.82) is 5.26 Å². The molecule has 0 saturated carbocycles. The molecule has 0 aliphatic carbocycles. The van der Waals surface area contributed by atoms with E-state index in [0.717, 1.165) is 5.56 Å². The SMILES string of the molecule is CC(CC#N)N(C)CC(C)(O)c1ccccc1. The van der Waals surface area contributed by atoms with Gasteiger partial charge in [-0.2, -0.15) is 5.26 Å². The molecule has 17 heavy (non-hydrogen) atoms. The van der Waals surface area contributed by atoms with Crippen molar-refractivity contribution in [1.82, 2.24) is 4.90 Å². The summed E-state index contributed by atoms with van der Waals surface area (Å²) >= 11 is 0. The average Bonchev–Trinajstić information content (AvgIpc) is 2.30. The Morgan fingerprint density at radius 2 is 2.00 bits per heavy atom. The van der Waals surface area contributed by atoms with Crippen molar-refractivity contribution in [2.24, 2.45) is 0 Å². The third kappa shape index (κ3) is 3.85. The van der Waals surface area contributed by atoms with Crippen LogP contribution in [0.15, 0.2) is 30.3 Å². The van der Waals surface area contributed by atoms with Gasteiger partial charge in [-0.1, -0.05) is 30.3 Å². The van der Waals surface area contributed by atoms with Gasteiger partial charge in [0.15, 0.2) is 0 Å². The summed E-state index contributed by atoms with van der Waals surface area (Å²) in [6.45, 7) is 4.31. The van der Waals surface area contributed by atoms with Crippen molar-refractivity contribution in [3.63, 3.8) is 0 Å². The first-order valence-corrected chi connectivity index (χ1v) is 5.82. The van der Waals surface area contributed by atoms with Gasteiger partial charge in [0.2, 0.25) is 0 Å². The number of nitrogens with zero attached hydrogens (tertiary/aromatic N) is 2. The first-order valence-electron chi connectivity index (χ1n) is 5.82. The minimum Gasteiger partial charge on any atom is -0.384 e. The molecule has 3 heteroatoms. The van der Waals surface area contributed by atoms with Crippen molar-refractivity contribution in [3.8, 4) is 6.07 Å². The maximum atomic E-state index is 10.4. The zero-order chi connectivity index (χ0) is 12.9. The number of benzene rings is 1. The lowest BCUT2D eigenvalue weighted by Crippen LogP contribution is -2.41. The van der Waals surface area contributed by atoms with E-state index in [1.807, 2.05) is 49.2 Å². The Morgan fingerprint density at radius 1 is 1.41 bits per heavy atom. The molecular formula is C14H20N2O. The Morgan fingerprint density at radius 3 is 2.53 bits per heavy atom. The third-order valence-electron chi connectivity index (χ3n) is 3.09. The van der Waals surface area contributed by atoms with Gasteiger partial charge in [0, 0.05) is 12.6 Å². The van der Waals surface area contributed by atoms with Crippen molar-refractivity contribution < 1.29 is 5.11 Å². The monoisotopic (exact) mass is 232 g/mol. The first-order chi connectivity index (χ1) is 7.97. The van der Waals surface area contributed by atoms with Crippen molar-refractivity contribution in [3.05, 3.63) is 35.9 Å². The normalized spacial score (nSPS) is 16.2.